The molecule has 4 heteroatoms. The summed E-state index contributed by atoms with van der Waals surface area (Å²) in [6.07, 6.45) is 0. The van der Waals surface area contributed by atoms with E-state index >= 15 is 0 Å². The third kappa shape index (κ3) is 3.01. The Morgan fingerprint density at radius 3 is 2.33 bits per heavy atom. The molecule has 3 nitrogen and oxygen atoms in total. The number of thioether (sulfide) groups is 1. The summed E-state index contributed by atoms with van der Waals surface area (Å²) in [7, 11) is 0. The van der Waals surface area contributed by atoms with Crippen LogP contribution in [0.25, 0.3) is 0 Å². The predicted molar refractivity (Wildman–Crippen MR) is 76.7 cm³/mol. The largest absolute Gasteiger partial charge is 0.383 e. The van der Waals surface area contributed by atoms with Crippen LogP contribution in [0.2, 0.25) is 0 Å². The van der Waals surface area contributed by atoms with E-state index in [1.807, 2.05) is 13.8 Å². The normalized spacial score (nSPS) is 10.6. The molecule has 0 bridgehead atoms. The van der Waals surface area contributed by atoms with Crippen LogP contribution in [0.4, 0.5) is 5.82 Å². The molecule has 0 fully saturated rings. The molecule has 1 aromatic carbocycles. The molecule has 2 aromatic rings. The van der Waals surface area contributed by atoms with E-state index in [-0.39, 0.29) is 0 Å². The van der Waals surface area contributed by atoms with Crippen LogP contribution in [0.5, 0.6) is 0 Å². The van der Waals surface area contributed by atoms with Gasteiger partial charge in [0.1, 0.15) is 11.6 Å². The number of aromatic nitrogens is 2. The van der Waals surface area contributed by atoms with E-state index in [1.54, 1.807) is 11.8 Å². The Labute approximate surface area is 112 Å². The second-order valence-electron chi connectivity index (χ2n) is 4.34. The first-order chi connectivity index (χ1) is 8.56. The second kappa shape index (κ2) is 5.40. The lowest BCUT2D eigenvalue weighted by Gasteiger charge is -2.06. The summed E-state index contributed by atoms with van der Waals surface area (Å²) in [5.74, 6) is 2.12. The number of hydrogen-bond acceptors (Lipinski definition) is 4. The summed E-state index contributed by atoms with van der Waals surface area (Å²) < 4.78 is 0. The van der Waals surface area contributed by atoms with E-state index in [4.69, 9.17) is 5.73 Å². The Hall–Kier alpha value is -1.55. The van der Waals surface area contributed by atoms with Gasteiger partial charge in [-0.05, 0) is 32.9 Å². The molecule has 0 aliphatic carbocycles. The predicted octanol–water partition coefficient (Wildman–Crippen LogP) is 3.28. The number of hydrogen-bond donors (Lipinski definition) is 1. The summed E-state index contributed by atoms with van der Waals surface area (Å²) in [5, 5.41) is 0. The fraction of sp³-hybridized carbons (Fsp3) is 0.286. The fourth-order valence-electron chi connectivity index (χ4n) is 1.56. The highest BCUT2D eigenvalue weighted by molar-refractivity contribution is 7.98. The number of rotatable bonds is 3. The van der Waals surface area contributed by atoms with Crippen LogP contribution in [-0.4, -0.2) is 9.97 Å². The van der Waals surface area contributed by atoms with Gasteiger partial charge in [0.15, 0.2) is 0 Å². The number of nitrogen functional groups attached to an aromatic ring is 1. The summed E-state index contributed by atoms with van der Waals surface area (Å²) >= 11 is 1.72. The molecule has 0 spiro atoms. The van der Waals surface area contributed by atoms with Crippen molar-refractivity contribution in [3.8, 4) is 0 Å². The van der Waals surface area contributed by atoms with E-state index in [0.29, 0.717) is 5.82 Å². The highest BCUT2D eigenvalue weighted by Gasteiger charge is 2.05. The van der Waals surface area contributed by atoms with Crippen LogP contribution in [-0.2, 0) is 5.75 Å². The monoisotopic (exact) mass is 259 g/mol. The first-order valence-corrected chi connectivity index (χ1v) is 6.84. The molecule has 0 amide bonds. The van der Waals surface area contributed by atoms with Crippen LogP contribution in [0.3, 0.4) is 0 Å². The molecule has 0 atom stereocenters. The first-order valence-electron chi connectivity index (χ1n) is 5.85. The van der Waals surface area contributed by atoms with Crippen LogP contribution in [0.1, 0.15) is 22.6 Å². The Morgan fingerprint density at radius 2 is 1.72 bits per heavy atom. The zero-order valence-electron chi connectivity index (χ0n) is 10.9. The first kappa shape index (κ1) is 12.9. The van der Waals surface area contributed by atoms with Crippen molar-refractivity contribution >= 4 is 17.6 Å². The van der Waals surface area contributed by atoms with E-state index < -0.39 is 0 Å². The van der Waals surface area contributed by atoms with Crippen molar-refractivity contribution < 1.29 is 0 Å². The molecule has 2 rings (SSSR count). The number of benzene rings is 1. The molecular formula is C14H17N3S. The zero-order chi connectivity index (χ0) is 13.1. The van der Waals surface area contributed by atoms with Gasteiger partial charge in [-0.25, -0.2) is 9.97 Å². The number of aryl methyl sites for hydroxylation is 2. The number of anilines is 1. The molecule has 0 unspecified atom stereocenters. The van der Waals surface area contributed by atoms with Gasteiger partial charge in [-0.3, -0.25) is 0 Å². The SMILES string of the molecule is Cc1ccc(SCc2nc(C)c(C)c(N)n2)cc1. The van der Waals surface area contributed by atoms with Gasteiger partial charge in [-0.1, -0.05) is 17.7 Å². The van der Waals surface area contributed by atoms with Crippen molar-refractivity contribution in [3.63, 3.8) is 0 Å². The minimum atomic E-state index is 0.585. The van der Waals surface area contributed by atoms with Crippen LogP contribution in [0, 0.1) is 20.8 Å². The van der Waals surface area contributed by atoms with Crippen molar-refractivity contribution in [1.82, 2.24) is 9.97 Å². The molecule has 0 aliphatic rings. The zero-order valence-corrected chi connectivity index (χ0v) is 11.7. The van der Waals surface area contributed by atoms with Crippen molar-refractivity contribution in [2.75, 3.05) is 5.73 Å². The van der Waals surface area contributed by atoms with Gasteiger partial charge < -0.3 is 5.73 Å². The second-order valence-corrected chi connectivity index (χ2v) is 5.39. The van der Waals surface area contributed by atoms with Gasteiger partial charge in [-0.15, -0.1) is 11.8 Å². The molecule has 1 heterocycles. The Morgan fingerprint density at radius 1 is 1.06 bits per heavy atom. The lowest BCUT2D eigenvalue weighted by atomic mass is 10.2. The average Bonchev–Trinajstić information content (AvgIpc) is 2.35. The number of nitrogens with two attached hydrogens (primary N) is 1. The average molecular weight is 259 g/mol. The van der Waals surface area contributed by atoms with Gasteiger partial charge >= 0.3 is 0 Å². The van der Waals surface area contributed by atoms with E-state index in [9.17, 15) is 0 Å². The fourth-order valence-corrected chi connectivity index (χ4v) is 2.31. The van der Waals surface area contributed by atoms with Gasteiger partial charge in [0.2, 0.25) is 0 Å². The molecule has 2 N–H and O–H groups in total. The Bertz CT molecular complexity index is 526. The summed E-state index contributed by atoms with van der Waals surface area (Å²) in [6.45, 7) is 6.00. The molecule has 0 radical (unpaired) electrons. The smallest absolute Gasteiger partial charge is 0.141 e. The van der Waals surface area contributed by atoms with Crippen LogP contribution >= 0.6 is 11.8 Å². The summed E-state index contributed by atoms with van der Waals surface area (Å²) in [4.78, 5) is 9.99. The standard InChI is InChI=1S/C14H17N3S/c1-9-4-6-12(7-5-9)18-8-13-16-11(3)10(2)14(15)17-13/h4-7H,8H2,1-3H3,(H2,15,16,17). The number of nitrogens with zero attached hydrogens (tertiary/aromatic N) is 2. The topological polar surface area (TPSA) is 51.8 Å². The lowest BCUT2D eigenvalue weighted by Crippen LogP contribution is -2.03. The maximum absolute atomic E-state index is 5.85. The van der Waals surface area contributed by atoms with Crippen molar-refractivity contribution in [1.29, 1.82) is 0 Å². The quantitative estimate of drug-likeness (QED) is 0.859. The van der Waals surface area contributed by atoms with Crippen molar-refractivity contribution in [3.05, 3.63) is 46.9 Å². The highest BCUT2D eigenvalue weighted by Crippen LogP contribution is 2.22. The summed E-state index contributed by atoms with van der Waals surface area (Å²) in [5.41, 5.74) is 9.05. The van der Waals surface area contributed by atoms with Gasteiger partial charge in [-0.2, -0.15) is 0 Å². The molecule has 94 valence electrons. The minimum Gasteiger partial charge on any atom is -0.383 e. The molecule has 1 aromatic heterocycles. The Balaban J connectivity index is 2.08. The molecule has 0 saturated carbocycles. The summed E-state index contributed by atoms with van der Waals surface area (Å²) in [6, 6.07) is 8.45. The van der Waals surface area contributed by atoms with E-state index in [1.165, 1.54) is 10.5 Å². The Kier molecular flexibility index (Phi) is 3.87. The molecule has 0 aliphatic heterocycles. The van der Waals surface area contributed by atoms with Gasteiger partial charge in [0.05, 0.1) is 5.75 Å². The third-order valence-electron chi connectivity index (χ3n) is 2.86. The van der Waals surface area contributed by atoms with Gasteiger partial charge in [0, 0.05) is 16.2 Å². The molecule has 18 heavy (non-hydrogen) atoms. The minimum absolute atomic E-state index is 0.585. The maximum atomic E-state index is 5.85. The maximum Gasteiger partial charge on any atom is 0.141 e. The van der Waals surface area contributed by atoms with Crippen molar-refractivity contribution in [2.45, 2.75) is 31.4 Å². The molecule has 0 saturated heterocycles. The van der Waals surface area contributed by atoms with Crippen LogP contribution in [0.15, 0.2) is 29.2 Å². The lowest BCUT2D eigenvalue weighted by molar-refractivity contribution is 0.981. The third-order valence-corrected chi connectivity index (χ3v) is 3.87. The van der Waals surface area contributed by atoms with Crippen LogP contribution < -0.4 is 5.73 Å². The van der Waals surface area contributed by atoms with E-state index in [2.05, 4.69) is 41.2 Å². The van der Waals surface area contributed by atoms with Gasteiger partial charge in [0.25, 0.3) is 0 Å². The highest BCUT2D eigenvalue weighted by atomic mass is 32.2. The van der Waals surface area contributed by atoms with E-state index in [0.717, 1.165) is 22.8 Å². The molecular weight excluding hydrogens is 242 g/mol. The van der Waals surface area contributed by atoms with Crippen molar-refractivity contribution in [2.24, 2.45) is 0 Å².